The molecule has 0 spiro atoms. The van der Waals surface area contributed by atoms with Crippen molar-refractivity contribution < 1.29 is 43.9 Å². The molecule has 3 atom stereocenters. The Kier molecular flexibility index (Phi) is 6.08. The van der Waals surface area contributed by atoms with Gasteiger partial charge in [0, 0.05) is 29.2 Å². The maximum Gasteiger partial charge on any atom is 0.202 e. The van der Waals surface area contributed by atoms with Gasteiger partial charge in [-0.2, -0.15) is 0 Å². The summed E-state index contributed by atoms with van der Waals surface area (Å²) in [5.41, 5.74) is -0.229. The van der Waals surface area contributed by atoms with Crippen LogP contribution in [-0.2, 0) is 20.7 Å². The van der Waals surface area contributed by atoms with Gasteiger partial charge in [-0.05, 0) is 38.2 Å². The van der Waals surface area contributed by atoms with E-state index in [-0.39, 0.29) is 52.0 Å². The third-order valence-corrected chi connectivity index (χ3v) is 7.10. The molecule has 9 heteroatoms. The predicted molar refractivity (Wildman–Crippen MR) is 121 cm³/mol. The van der Waals surface area contributed by atoms with Gasteiger partial charge in [0.15, 0.2) is 17.9 Å². The highest BCUT2D eigenvalue weighted by Crippen LogP contribution is 2.51. The zero-order chi connectivity index (χ0) is 24.9. The van der Waals surface area contributed by atoms with Crippen molar-refractivity contribution >= 4 is 17.3 Å². The molecule has 2 aromatic rings. The van der Waals surface area contributed by atoms with Gasteiger partial charge < -0.3 is 29.5 Å². The molecule has 9 nitrogen and oxygen atoms in total. The Labute approximate surface area is 201 Å². The number of benzene rings is 2. The highest BCUT2D eigenvalue weighted by molar-refractivity contribution is 6.31. The highest BCUT2D eigenvalue weighted by Gasteiger charge is 2.44. The largest absolute Gasteiger partial charge is 0.507 e. The predicted octanol–water partition coefficient (Wildman–Crippen LogP) is 2.59. The molecule has 0 aromatic heterocycles. The molecule has 2 aromatic carbocycles. The molecule has 2 aliphatic carbocycles. The summed E-state index contributed by atoms with van der Waals surface area (Å²) in [6.45, 7) is -0.177. The number of ether oxygens (including phenoxy) is 3. The molecule has 0 radical (unpaired) electrons. The zero-order valence-electron chi connectivity index (χ0n) is 19.2. The summed E-state index contributed by atoms with van der Waals surface area (Å²) in [7, 11) is 1.37. The second-order valence-electron chi connectivity index (χ2n) is 9.06. The van der Waals surface area contributed by atoms with Gasteiger partial charge in [-0.1, -0.05) is 12.1 Å². The number of phenols is 2. The normalized spacial score (nSPS) is 23.3. The number of aromatic hydroxyl groups is 2. The number of methoxy groups -OCH3 is 1. The number of phenolic OH excluding ortho intramolecular Hbond substituents is 2. The van der Waals surface area contributed by atoms with Crippen molar-refractivity contribution in [2.24, 2.45) is 5.92 Å². The Balaban J connectivity index is 1.69. The van der Waals surface area contributed by atoms with Gasteiger partial charge in [0.1, 0.15) is 23.9 Å². The minimum Gasteiger partial charge on any atom is -0.507 e. The monoisotopic (exact) mass is 482 g/mol. The smallest absolute Gasteiger partial charge is 0.202 e. The van der Waals surface area contributed by atoms with E-state index in [2.05, 4.69) is 0 Å². The van der Waals surface area contributed by atoms with E-state index in [1.165, 1.54) is 13.2 Å². The van der Waals surface area contributed by atoms with Crippen molar-refractivity contribution in [3.05, 3.63) is 51.6 Å². The van der Waals surface area contributed by atoms with Crippen LogP contribution in [0.3, 0.4) is 0 Å². The molecule has 0 amide bonds. The first-order valence-corrected chi connectivity index (χ1v) is 11.6. The van der Waals surface area contributed by atoms with E-state index in [1.807, 2.05) is 0 Å². The summed E-state index contributed by atoms with van der Waals surface area (Å²) in [6.07, 6.45) is 1.03. The molecular formula is C26H26O9. The molecule has 3 aliphatic rings. The molecule has 184 valence electrons. The second-order valence-corrected chi connectivity index (χ2v) is 9.06. The van der Waals surface area contributed by atoms with E-state index in [9.17, 15) is 29.7 Å². The first kappa shape index (κ1) is 23.5. The summed E-state index contributed by atoms with van der Waals surface area (Å²) < 4.78 is 17.1. The van der Waals surface area contributed by atoms with Crippen LogP contribution >= 0.6 is 0 Å². The lowest BCUT2D eigenvalue weighted by Crippen LogP contribution is -2.33. The van der Waals surface area contributed by atoms with Gasteiger partial charge in [-0.25, -0.2) is 0 Å². The fourth-order valence-corrected chi connectivity index (χ4v) is 5.38. The van der Waals surface area contributed by atoms with Gasteiger partial charge in [-0.3, -0.25) is 14.4 Å². The van der Waals surface area contributed by atoms with Crippen LogP contribution in [0.15, 0.2) is 18.2 Å². The molecule has 1 fully saturated rings. The van der Waals surface area contributed by atoms with Gasteiger partial charge in [0.2, 0.25) is 5.78 Å². The number of hydrogen-bond acceptors (Lipinski definition) is 9. The molecular weight excluding hydrogens is 456 g/mol. The van der Waals surface area contributed by atoms with E-state index in [4.69, 9.17) is 14.2 Å². The van der Waals surface area contributed by atoms with Crippen LogP contribution in [0.25, 0.3) is 0 Å². The average Bonchev–Trinajstić information content (AvgIpc) is 2.88. The Hall–Kier alpha value is -3.27. The summed E-state index contributed by atoms with van der Waals surface area (Å²) in [6, 6.07) is 4.57. The number of Topliss-reactive ketones (excluding diaryl/α,β-unsaturated/α-hetero) is 1. The fourth-order valence-electron chi connectivity index (χ4n) is 5.38. The molecule has 0 bridgehead atoms. The van der Waals surface area contributed by atoms with Crippen molar-refractivity contribution in [1.82, 2.24) is 0 Å². The van der Waals surface area contributed by atoms with Crippen LogP contribution in [0, 0.1) is 5.92 Å². The Bertz CT molecular complexity index is 1230. The number of carbonyl (C=O) groups is 3. The van der Waals surface area contributed by atoms with E-state index in [1.54, 1.807) is 12.1 Å². The molecule has 3 N–H and O–H groups in total. The van der Waals surface area contributed by atoms with E-state index in [0.29, 0.717) is 13.0 Å². The molecule has 1 saturated heterocycles. The topological polar surface area (TPSA) is 140 Å². The van der Waals surface area contributed by atoms with Crippen molar-refractivity contribution in [3.63, 3.8) is 0 Å². The lowest BCUT2D eigenvalue weighted by atomic mass is 9.73. The number of carbonyl (C=O) groups excluding carboxylic acids is 3. The standard InChI is InChI=1S/C26H26O9/c1-33-16-6-4-5-13-19(16)25(31)22-21(23(13)29)24(30)14-9-12(15(28)11-27)10-17(20(14)26(22)32)35-18-7-2-3-8-34-18/h4-6,12,17-18,27,30,32H,2-3,7-11H2,1H3. The zero-order valence-corrected chi connectivity index (χ0v) is 19.2. The van der Waals surface area contributed by atoms with Crippen LogP contribution in [0.1, 0.15) is 74.8 Å². The van der Waals surface area contributed by atoms with Crippen LogP contribution in [0.5, 0.6) is 17.2 Å². The number of aliphatic hydroxyl groups is 1. The Morgan fingerprint density at radius 2 is 1.86 bits per heavy atom. The van der Waals surface area contributed by atoms with E-state index in [0.717, 1.165) is 12.8 Å². The summed E-state index contributed by atoms with van der Waals surface area (Å²) in [5, 5.41) is 32.1. The number of ketones is 3. The minimum absolute atomic E-state index is 0.0133. The third-order valence-electron chi connectivity index (χ3n) is 7.10. The maximum atomic E-state index is 13.6. The molecule has 3 unspecified atom stereocenters. The van der Waals surface area contributed by atoms with Crippen LogP contribution in [-0.4, -0.2) is 59.3 Å². The van der Waals surface area contributed by atoms with Crippen molar-refractivity contribution in [1.29, 1.82) is 0 Å². The SMILES string of the molecule is COc1cccc2c1C(=O)c1c(O)c3c(c(O)c1C2=O)CC(C(=O)CO)CC3OC1CCCCO1. The third kappa shape index (κ3) is 3.71. The van der Waals surface area contributed by atoms with Crippen molar-refractivity contribution in [2.75, 3.05) is 20.3 Å². The average molecular weight is 482 g/mol. The van der Waals surface area contributed by atoms with Crippen LogP contribution < -0.4 is 4.74 Å². The number of hydrogen-bond donors (Lipinski definition) is 3. The van der Waals surface area contributed by atoms with Gasteiger partial charge in [-0.15, -0.1) is 0 Å². The Morgan fingerprint density at radius 1 is 1.09 bits per heavy atom. The second kappa shape index (κ2) is 9.07. The molecule has 5 rings (SSSR count). The quantitative estimate of drug-likeness (QED) is 0.468. The van der Waals surface area contributed by atoms with E-state index < -0.39 is 53.8 Å². The van der Waals surface area contributed by atoms with Crippen molar-refractivity contribution in [2.45, 2.75) is 44.5 Å². The molecule has 1 heterocycles. The van der Waals surface area contributed by atoms with Gasteiger partial charge in [0.25, 0.3) is 0 Å². The van der Waals surface area contributed by atoms with E-state index >= 15 is 0 Å². The lowest BCUT2D eigenvalue weighted by molar-refractivity contribution is -0.195. The van der Waals surface area contributed by atoms with Gasteiger partial charge in [0.05, 0.1) is 29.9 Å². The number of fused-ring (bicyclic) bond motifs is 3. The molecule has 35 heavy (non-hydrogen) atoms. The maximum absolute atomic E-state index is 13.6. The highest BCUT2D eigenvalue weighted by atomic mass is 16.7. The lowest BCUT2D eigenvalue weighted by Gasteiger charge is -2.36. The first-order chi connectivity index (χ1) is 16.9. The summed E-state index contributed by atoms with van der Waals surface area (Å²) >= 11 is 0. The number of aliphatic hydroxyl groups excluding tert-OH is 1. The first-order valence-electron chi connectivity index (χ1n) is 11.6. The fraction of sp³-hybridized carbons (Fsp3) is 0.423. The van der Waals surface area contributed by atoms with Gasteiger partial charge >= 0.3 is 0 Å². The van der Waals surface area contributed by atoms with Crippen LogP contribution in [0.4, 0.5) is 0 Å². The molecule has 0 saturated carbocycles. The molecule has 1 aliphatic heterocycles. The van der Waals surface area contributed by atoms with Crippen molar-refractivity contribution in [3.8, 4) is 17.2 Å². The number of rotatable bonds is 5. The minimum atomic E-state index is -0.888. The Morgan fingerprint density at radius 3 is 2.54 bits per heavy atom. The summed E-state index contributed by atoms with van der Waals surface area (Å²) in [4.78, 5) is 39.4. The van der Waals surface area contributed by atoms with Crippen LogP contribution in [0.2, 0.25) is 0 Å². The summed E-state index contributed by atoms with van der Waals surface area (Å²) in [5.74, 6) is -3.17.